The summed E-state index contributed by atoms with van der Waals surface area (Å²) in [5.41, 5.74) is 1.68. The highest BCUT2D eigenvalue weighted by atomic mass is 32.2. The SMILES string of the molecule is CC(Nc1ccccc1SC(F)F)c1ccoc1. The van der Waals surface area contributed by atoms with Crippen LogP contribution in [0.4, 0.5) is 14.5 Å². The fourth-order valence-corrected chi connectivity index (χ4v) is 2.23. The molecule has 0 bridgehead atoms. The van der Waals surface area contributed by atoms with Crippen LogP contribution in [0.25, 0.3) is 0 Å². The van der Waals surface area contributed by atoms with Crippen LogP contribution in [0.15, 0.2) is 52.2 Å². The Morgan fingerprint density at radius 3 is 2.67 bits per heavy atom. The van der Waals surface area contributed by atoms with Crippen LogP contribution in [0.1, 0.15) is 18.5 Å². The van der Waals surface area contributed by atoms with Gasteiger partial charge in [0.1, 0.15) is 0 Å². The summed E-state index contributed by atoms with van der Waals surface area (Å²) >= 11 is 0.545. The lowest BCUT2D eigenvalue weighted by atomic mass is 10.1. The highest BCUT2D eigenvalue weighted by Gasteiger charge is 2.12. The zero-order valence-electron chi connectivity index (χ0n) is 9.77. The van der Waals surface area contributed by atoms with Crippen molar-refractivity contribution in [2.45, 2.75) is 23.6 Å². The van der Waals surface area contributed by atoms with E-state index in [0.717, 1.165) is 5.56 Å². The Kier molecular flexibility index (Phi) is 4.25. The topological polar surface area (TPSA) is 25.2 Å². The third-order valence-electron chi connectivity index (χ3n) is 2.52. The fraction of sp³-hybridized carbons (Fsp3) is 0.231. The summed E-state index contributed by atoms with van der Waals surface area (Å²) in [5, 5.41) is 3.20. The fourth-order valence-electron chi connectivity index (χ4n) is 1.62. The average Bonchev–Trinajstić information content (AvgIpc) is 2.84. The van der Waals surface area contributed by atoms with Crippen molar-refractivity contribution in [1.29, 1.82) is 0 Å². The predicted molar refractivity (Wildman–Crippen MR) is 69.0 cm³/mol. The molecule has 0 fully saturated rings. The Morgan fingerprint density at radius 1 is 1.22 bits per heavy atom. The van der Waals surface area contributed by atoms with Gasteiger partial charge in [0.2, 0.25) is 0 Å². The monoisotopic (exact) mass is 269 g/mol. The molecule has 5 heteroatoms. The molecular weight excluding hydrogens is 256 g/mol. The molecule has 0 saturated heterocycles. The van der Waals surface area contributed by atoms with Crippen LogP contribution in [0.5, 0.6) is 0 Å². The van der Waals surface area contributed by atoms with Gasteiger partial charge in [-0.3, -0.25) is 0 Å². The summed E-state index contributed by atoms with van der Waals surface area (Å²) in [4.78, 5) is 0.544. The maximum absolute atomic E-state index is 12.4. The van der Waals surface area contributed by atoms with E-state index in [1.54, 1.807) is 30.7 Å². The molecule has 0 saturated carbocycles. The van der Waals surface area contributed by atoms with Crippen LogP contribution in [0.3, 0.4) is 0 Å². The lowest BCUT2D eigenvalue weighted by molar-refractivity contribution is 0.252. The number of thioether (sulfide) groups is 1. The molecule has 2 nitrogen and oxygen atoms in total. The molecule has 1 atom stereocenters. The molecule has 1 aromatic carbocycles. The van der Waals surface area contributed by atoms with Gasteiger partial charge in [-0.1, -0.05) is 23.9 Å². The minimum absolute atomic E-state index is 0.00294. The number of furan rings is 1. The van der Waals surface area contributed by atoms with Crippen molar-refractivity contribution < 1.29 is 13.2 Å². The summed E-state index contributed by atoms with van der Waals surface area (Å²) in [6.07, 6.45) is 3.23. The largest absolute Gasteiger partial charge is 0.472 e. The standard InChI is InChI=1S/C13H13F2NOS/c1-9(10-6-7-17-8-10)16-11-4-2-3-5-12(11)18-13(14)15/h2-9,13,16H,1H3. The molecule has 0 aliphatic rings. The van der Waals surface area contributed by atoms with Gasteiger partial charge in [-0.2, -0.15) is 8.78 Å². The van der Waals surface area contributed by atoms with E-state index in [-0.39, 0.29) is 6.04 Å². The van der Waals surface area contributed by atoms with E-state index in [9.17, 15) is 8.78 Å². The second kappa shape index (κ2) is 5.91. The number of hydrogen-bond acceptors (Lipinski definition) is 3. The molecule has 2 rings (SSSR count). The van der Waals surface area contributed by atoms with E-state index >= 15 is 0 Å². The zero-order chi connectivity index (χ0) is 13.0. The molecule has 0 amide bonds. The molecule has 0 aliphatic heterocycles. The van der Waals surface area contributed by atoms with Gasteiger partial charge in [0, 0.05) is 16.1 Å². The van der Waals surface area contributed by atoms with Gasteiger partial charge >= 0.3 is 0 Å². The number of hydrogen-bond donors (Lipinski definition) is 1. The summed E-state index contributed by atoms with van der Waals surface area (Å²) in [5.74, 6) is -2.42. The Morgan fingerprint density at radius 2 is 2.00 bits per heavy atom. The summed E-state index contributed by atoms with van der Waals surface area (Å²) in [7, 11) is 0. The summed E-state index contributed by atoms with van der Waals surface area (Å²) < 4.78 is 29.9. The van der Waals surface area contributed by atoms with Gasteiger partial charge < -0.3 is 9.73 Å². The van der Waals surface area contributed by atoms with Gasteiger partial charge in [0.15, 0.2) is 0 Å². The first-order valence-corrected chi connectivity index (χ1v) is 6.37. The first-order chi connectivity index (χ1) is 8.66. The van der Waals surface area contributed by atoms with E-state index in [2.05, 4.69) is 5.32 Å². The molecule has 1 heterocycles. The maximum Gasteiger partial charge on any atom is 0.288 e. The van der Waals surface area contributed by atoms with Crippen LogP contribution >= 0.6 is 11.8 Å². The predicted octanol–water partition coefficient (Wildman–Crippen LogP) is 4.77. The van der Waals surface area contributed by atoms with Crippen molar-refractivity contribution in [2.24, 2.45) is 0 Å². The number of para-hydroxylation sites is 1. The minimum Gasteiger partial charge on any atom is -0.472 e. The van der Waals surface area contributed by atoms with Crippen molar-refractivity contribution in [1.82, 2.24) is 0 Å². The zero-order valence-corrected chi connectivity index (χ0v) is 10.6. The van der Waals surface area contributed by atoms with Crippen molar-refractivity contribution in [3.63, 3.8) is 0 Å². The molecule has 0 radical (unpaired) electrons. The Hall–Kier alpha value is -1.49. The van der Waals surface area contributed by atoms with Crippen molar-refractivity contribution >= 4 is 17.4 Å². The van der Waals surface area contributed by atoms with Crippen LogP contribution in [-0.2, 0) is 0 Å². The van der Waals surface area contributed by atoms with Crippen LogP contribution in [0.2, 0.25) is 0 Å². The molecule has 0 aliphatic carbocycles. The highest BCUT2D eigenvalue weighted by molar-refractivity contribution is 7.99. The molecule has 1 aromatic heterocycles. The number of nitrogens with one attached hydrogen (secondary N) is 1. The van der Waals surface area contributed by atoms with Gasteiger partial charge in [-0.15, -0.1) is 0 Å². The lowest BCUT2D eigenvalue weighted by Crippen LogP contribution is -2.06. The smallest absolute Gasteiger partial charge is 0.288 e. The number of benzene rings is 1. The molecule has 0 spiro atoms. The normalized spacial score (nSPS) is 12.7. The molecule has 1 unspecified atom stereocenters. The van der Waals surface area contributed by atoms with E-state index in [1.807, 2.05) is 19.1 Å². The van der Waals surface area contributed by atoms with Crippen LogP contribution in [-0.4, -0.2) is 5.76 Å². The van der Waals surface area contributed by atoms with Gasteiger partial charge in [0.05, 0.1) is 18.6 Å². The third kappa shape index (κ3) is 3.26. The maximum atomic E-state index is 12.4. The first kappa shape index (κ1) is 13.0. The average molecular weight is 269 g/mol. The molecule has 2 aromatic rings. The van der Waals surface area contributed by atoms with Crippen LogP contribution in [0, 0.1) is 0 Å². The number of anilines is 1. The van der Waals surface area contributed by atoms with Gasteiger partial charge in [-0.25, -0.2) is 0 Å². The third-order valence-corrected chi connectivity index (χ3v) is 3.31. The van der Waals surface area contributed by atoms with E-state index in [4.69, 9.17) is 4.42 Å². The Balaban J connectivity index is 2.13. The van der Waals surface area contributed by atoms with Gasteiger partial charge in [-0.05, 0) is 25.1 Å². The lowest BCUT2D eigenvalue weighted by Gasteiger charge is -2.16. The minimum atomic E-state index is -2.42. The Bertz CT molecular complexity index is 487. The summed E-state index contributed by atoms with van der Waals surface area (Å²) in [6.45, 7) is 1.95. The highest BCUT2D eigenvalue weighted by Crippen LogP contribution is 2.33. The van der Waals surface area contributed by atoms with E-state index in [1.165, 1.54) is 0 Å². The van der Waals surface area contributed by atoms with E-state index in [0.29, 0.717) is 22.3 Å². The second-order valence-electron chi connectivity index (χ2n) is 3.80. The quantitative estimate of drug-likeness (QED) is 0.792. The van der Waals surface area contributed by atoms with Crippen molar-refractivity contribution in [3.05, 3.63) is 48.4 Å². The number of halogens is 2. The molecule has 1 N–H and O–H groups in total. The van der Waals surface area contributed by atoms with Gasteiger partial charge in [0.25, 0.3) is 5.76 Å². The number of alkyl halides is 2. The van der Waals surface area contributed by atoms with E-state index < -0.39 is 5.76 Å². The molecular formula is C13H13F2NOS. The Labute approximate surface area is 108 Å². The second-order valence-corrected chi connectivity index (χ2v) is 4.83. The summed E-state index contributed by atoms with van der Waals surface area (Å²) in [6, 6.07) is 8.89. The first-order valence-electron chi connectivity index (χ1n) is 5.49. The number of rotatable bonds is 5. The molecule has 18 heavy (non-hydrogen) atoms. The van der Waals surface area contributed by atoms with Crippen molar-refractivity contribution in [2.75, 3.05) is 5.32 Å². The van der Waals surface area contributed by atoms with Crippen LogP contribution < -0.4 is 5.32 Å². The van der Waals surface area contributed by atoms with Crippen molar-refractivity contribution in [3.8, 4) is 0 Å². The molecule has 96 valence electrons.